The number of methoxy groups -OCH3 is 1. The molecule has 2 aromatic carbocycles. The Hall–Kier alpha value is -2.60. The molecule has 2 N–H and O–H groups in total. The first-order chi connectivity index (χ1) is 13.0. The summed E-state index contributed by atoms with van der Waals surface area (Å²) < 4.78 is 18.4. The molecular formula is C21H29FN4O. The standard InChI is InChI=1S/C21H29FN4O/c1-5-23-21(24-14-16-9-11-18(22)12-10-16)25-15-20(26(2)3)17-7-6-8-19(13-17)27-4/h6-13,20H,5,14-15H2,1-4H3,(H2,23,24,25). The highest BCUT2D eigenvalue weighted by Gasteiger charge is 2.15. The first-order valence-electron chi connectivity index (χ1n) is 9.10. The van der Waals surface area contributed by atoms with Crippen molar-refractivity contribution in [1.82, 2.24) is 15.5 Å². The van der Waals surface area contributed by atoms with Crippen molar-refractivity contribution in [3.63, 3.8) is 0 Å². The second-order valence-electron chi connectivity index (χ2n) is 6.46. The van der Waals surface area contributed by atoms with Gasteiger partial charge in [-0.2, -0.15) is 0 Å². The second-order valence-corrected chi connectivity index (χ2v) is 6.46. The Kier molecular flexibility index (Phi) is 8.07. The topological polar surface area (TPSA) is 48.9 Å². The molecule has 1 unspecified atom stereocenters. The minimum absolute atomic E-state index is 0.162. The molecule has 0 aromatic heterocycles. The number of nitrogens with one attached hydrogen (secondary N) is 2. The number of guanidine groups is 1. The molecular weight excluding hydrogens is 343 g/mol. The van der Waals surface area contributed by atoms with Gasteiger partial charge >= 0.3 is 0 Å². The van der Waals surface area contributed by atoms with Gasteiger partial charge in [0.05, 0.1) is 19.7 Å². The van der Waals surface area contributed by atoms with Gasteiger partial charge in [0, 0.05) is 13.1 Å². The molecule has 0 aliphatic carbocycles. The maximum absolute atomic E-state index is 13.0. The van der Waals surface area contributed by atoms with Crippen molar-refractivity contribution in [2.75, 3.05) is 34.3 Å². The van der Waals surface area contributed by atoms with Gasteiger partial charge in [0.25, 0.3) is 0 Å². The summed E-state index contributed by atoms with van der Waals surface area (Å²) in [7, 11) is 5.77. The van der Waals surface area contributed by atoms with E-state index in [0.717, 1.165) is 23.8 Å². The Bertz CT molecular complexity index is 731. The lowest BCUT2D eigenvalue weighted by atomic mass is 10.1. The fraction of sp³-hybridized carbons (Fsp3) is 0.381. The van der Waals surface area contributed by atoms with E-state index >= 15 is 0 Å². The summed E-state index contributed by atoms with van der Waals surface area (Å²) in [6, 6.07) is 14.7. The number of hydrogen-bond acceptors (Lipinski definition) is 3. The normalized spacial score (nSPS) is 12.7. The Morgan fingerprint density at radius 3 is 2.52 bits per heavy atom. The molecule has 0 saturated carbocycles. The van der Waals surface area contributed by atoms with Gasteiger partial charge in [-0.3, -0.25) is 0 Å². The van der Waals surface area contributed by atoms with Crippen LogP contribution in [0.4, 0.5) is 4.39 Å². The summed E-state index contributed by atoms with van der Waals surface area (Å²) >= 11 is 0. The van der Waals surface area contributed by atoms with E-state index in [1.54, 1.807) is 19.2 Å². The largest absolute Gasteiger partial charge is 0.497 e. The SMILES string of the molecule is CCNC(=NCc1ccc(F)cc1)NCC(c1cccc(OC)c1)N(C)C. The van der Waals surface area contributed by atoms with E-state index in [4.69, 9.17) is 4.74 Å². The highest BCUT2D eigenvalue weighted by Crippen LogP contribution is 2.22. The van der Waals surface area contributed by atoms with Crippen LogP contribution in [0.1, 0.15) is 24.1 Å². The van der Waals surface area contributed by atoms with Gasteiger partial charge in [-0.1, -0.05) is 24.3 Å². The molecule has 146 valence electrons. The van der Waals surface area contributed by atoms with E-state index in [0.29, 0.717) is 13.1 Å². The maximum Gasteiger partial charge on any atom is 0.191 e. The number of benzene rings is 2. The number of hydrogen-bond donors (Lipinski definition) is 2. The molecule has 6 heteroatoms. The fourth-order valence-corrected chi connectivity index (χ4v) is 2.74. The Labute approximate surface area is 161 Å². The third-order valence-electron chi connectivity index (χ3n) is 4.24. The van der Waals surface area contributed by atoms with Crippen LogP contribution in [0.5, 0.6) is 5.75 Å². The summed E-state index contributed by atoms with van der Waals surface area (Å²) in [6.07, 6.45) is 0. The number of nitrogens with zero attached hydrogens (tertiary/aromatic N) is 2. The molecule has 5 nitrogen and oxygen atoms in total. The lowest BCUT2D eigenvalue weighted by Crippen LogP contribution is -2.41. The van der Waals surface area contributed by atoms with Gasteiger partial charge in [-0.25, -0.2) is 9.38 Å². The van der Waals surface area contributed by atoms with Gasteiger partial charge in [0.1, 0.15) is 11.6 Å². The molecule has 0 radical (unpaired) electrons. The summed E-state index contributed by atoms with van der Waals surface area (Å²) in [5.74, 6) is 1.34. The number of rotatable bonds is 8. The molecule has 0 aliphatic heterocycles. The van der Waals surface area contributed by atoms with E-state index < -0.39 is 0 Å². The molecule has 2 rings (SSSR count). The summed E-state index contributed by atoms with van der Waals surface area (Å²) in [5, 5.41) is 6.66. The zero-order valence-corrected chi connectivity index (χ0v) is 16.5. The van der Waals surface area contributed by atoms with Crippen LogP contribution < -0.4 is 15.4 Å². The third kappa shape index (κ3) is 6.57. The van der Waals surface area contributed by atoms with Crippen molar-refractivity contribution >= 4 is 5.96 Å². The summed E-state index contributed by atoms with van der Waals surface area (Å²) in [4.78, 5) is 6.76. The van der Waals surface area contributed by atoms with Crippen molar-refractivity contribution in [3.8, 4) is 5.75 Å². The van der Waals surface area contributed by atoms with Gasteiger partial charge in [0.15, 0.2) is 5.96 Å². The smallest absolute Gasteiger partial charge is 0.191 e. The van der Waals surface area contributed by atoms with Crippen LogP contribution >= 0.6 is 0 Å². The molecule has 0 saturated heterocycles. The molecule has 0 heterocycles. The molecule has 0 amide bonds. The Balaban J connectivity index is 2.06. The summed E-state index contributed by atoms with van der Waals surface area (Å²) in [5.41, 5.74) is 2.13. The van der Waals surface area contributed by atoms with Crippen molar-refractivity contribution in [2.45, 2.75) is 19.5 Å². The average Bonchev–Trinajstić information content (AvgIpc) is 2.67. The summed E-state index contributed by atoms with van der Waals surface area (Å²) in [6.45, 7) is 3.97. The highest BCUT2D eigenvalue weighted by atomic mass is 19.1. The first kappa shape index (κ1) is 20.7. The number of ether oxygens (including phenoxy) is 1. The van der Waals surface area contributed by atoms with Gasteiger partial charge in [0.2, 0.25) is 0 Å². The van der Waals surface area contributed by atoms with Gasteiger partial charge < -0.3 is 20.3 Å². The highest BCUT2D eigenvalue weighted by molar-refractivity contribution is 5.79. The molecule has 0 fully saturated rings. The lowest BCUT2D eigenvalue weighted by Gasteiger charge is -2.26. The molecule has 0 aliphatic rings. The Morgan fingerprint density at radius 2 is 1.89 bits per heavy atom. The zero-order chi connectivity index (χ0) is 19.6. The monoisotopic (exact) mass is 372 g/mol. The Morgan fingerprint density at radius 1 is 1.15 bits per heavy atom. The third-order valence-corrected chi connectivity index (χ3v) is 4.24. The van der Waals surface area contributed by atoms with E-state index in [-0.39, 0.29) is 11.9 Å². The predicted molar refractivity (Wildman–Crippen MR) is 109 cm³/mol. The second kappa shape index (κ2) is 10.5. The molecule has 0 bridgehead atoms. The van der Waals surface area contributed by atoms with E-state index in [2.05, 4.69) is 46.8 Å². The molecule has 0 spiro atoms. The first-order valence-corrected chi connectivity index (χ1v) is 9.10. The molecule has 2 aromatic rings. The molecule has 1 atom stereocenters. The van der Waals surface area contributed by atoms with Crippen molar-refractivity contribution in [3.05, 3.63) is 65.5 Å². The average molecular weight is 372 g/mol. The van der Waals surface area contributed by atoms with Gasteiger partial charge in [-0.15, -0.1) is 0 Å². The van der Waals surface area contributed by atoms with Crippen molar-refractivity contribution in [1.29, 1.82) is 0 Å². The van der Waals surface area contributed by atoms with E-state index in [9.17, 15) is 4.39 Å². The minimum atomic E-state index is -0.236. The predicted octanol–water partition coefficient (Wildman–Crippen LogP) is 3.19. The number of halogens is 1. The van der Waals surface area contributed by atoms with Crippen LogP contribution in [0.25, 0.3) is 0 Å². The quantitative estimate of drug-likeness (QED) is 0.552. The van der Waals surface area contributed by atoms with Crippen LogP contribution in [0.15, 0.2) is 53.5 Å². The molecule has 27 heavy (non-hydrogen) atoms. The fourth-order valence-electron chi connectivity index (χ4n) is 2.74. The van der Waals surface area contributed by atoms with E-state index in [1.807, 2.05) is 19.1 Å². The van der Waals surface area contributed by atoms with Crippen molar-refractivity contribution < 1.29 is 9.13 Å². The minimum Gasteiger partial charge on any atom is -0.497 e. The van der Waals surface area contributed by atoms with Crippen LogP contribution in [0, 0.1) is 5.82 Å². The number of aliphatic imine (C=N–C) groups is 1. The number of likely N-dealkylation sites (N-methyl/N-ethyl adjacent to an activating group) is 1. The zero-order valence-electron chi connectivity index (χ0n) is 16.5. The lowest BCUT2D eigenvalue weighted by molar-refractivity contribution is 0.297. The van der Waals surface area contributed by atoms with E-state index in [1.165, 1.54) is 17.7 Å². The van der Waals surface area contributed by atoms with Crippen LogP contribution in [-0.4, -0.2) is 45.2 Å². The van der Waals surface area contributed by atoms with Crippen LogP contribution in [-0.2, 0) is 6.54 Å². The van der Waals surface area contributed by atoms with Gasteiger partial charge in [-0.05, 0) is 56.4 Å². The van der Waals surface area contributed by atoms with Crippen LogP contribution in [0.2, 0.25) is 0 Å². The van der Waals surface area contributed by atoms with Crippen LogP contribution in [0.3, 0.4) is 0 Å². The maximum atomic E-state index is 13.0. The van der Waals surface area contributed by atoms with Crippen molar-refractivity contribution in [2.24, 2.45) is 4.99 Å².